The van der Waals surface area contributed by atoms with Gasteiger partial charge < -0.3 is 10.6 Å². The maximum atomic E-state index is 12.1. The number of nitrogens with two attached hydrogens (primary N) is 1. The molecule has 1 aromatic rings. The smallest absolute Gasteiger partial charge is 0.250 e. The van der Waals surface area contributed by atoms with Crippen LogP contribution in [0.15, 0.2) is 15.7 Å². The lowest BCUT2D eigenvalue weighted by atomic mass is 10.2. The molecular weight excluding hydrogens is 294 g/mol. The van der Waals surface area contributed by atoms with Crippen LogP contribution in [-0.4, -0.2) is 39.5 Å². The molecule has 0 radical (unpaired) electrons. The molecule has 0 amide bonds. The summed E-state index contributed by atoms with van der Waals surface area (Å²) < 4.78 is 27.4. The number of hydrogen-bond donors (Lipinski definition) is 2. The van der Waals surface area contributed by atoms with Crippen molar-refractivity contribution in [1.29, 1.82) is 0 Å². The molecule has 0 bridgehead atoms. The zero-order valence-corrected chi connectivity index (χ0v) is 13.5. The lowest BCUT2D eigenvalue weighted by Crippen LogP contribution is -2.34. The molecule has 1 aliphatic heterocycles. The maximum Gasteiger partial charge on any atom is 0.250 e. The maximum absolute atomic E-state index is 12.1. The lowest BCUT2D eigenvalue weighted by molar-refractivity contribution is 0.288. The molecule has 20 heavy (non-hydrogen) atoms. The molecular formula is C13H23N3O2S2. The summed E-state index contributed by atoms with van der Waals surface area (Å²) in [5, 5.41) is 1.79. The highest BCUT2D eigenvalue weighted by Crippen LogP contribution is 2.20. The Labute approximate surface area is 125 Å². The van der Waals surface area contributed by atoms with E-state index < -0.39 is 10.0 Å². The molecule has 5 nitrogen and oxygen atoms in total. The number of hydrogen-bond acceptors (Lipinski definition) is 5. The summed E-state index contributed by atoms with van der Waals surface area (Å²) in [4.78, 5) is 2.40. The fourth-order valence-corrected chi connectivity index (χ4v) is 4.83. The van der Waals surface area contributed by atoms with Crippen molar-refractivity contribution >= 4 is 21.4 Å². The molecule has 1 aromatic heterocycles. The number of nitrogens with zero attached hydrogens (tertiary/aromatic N) is 1. The van der Waals surface area contributed by atoms with Crippen LogP contribution in [0.3, 0.4) is 0 Å². The van der Waals surface area contributed by atoms with Crippen LogP contribution in [0.1, 0.15) is 25.3 Å². The van der Waals surface area contributed by atoms with Gasteiger partial charge in [0.05, 0.1) is 0 Å². The van der Waals surface area contributed by atoms with Crippen molar-refractivity contribution in [2.24, 2.45) is 11.7 Å². The predicted octanol–water partition coefficient (Wildman–Crippen LogP) is 1.22. The summed E-state index contributed by atoms with van der Waals surface area (Å²) in [5.74, 6) is 0.316. The van der Waals surface area contributed by atoms with Gasteiger partial charge >= 0.3 is 0 Å². The van der Waals surface area contributed by atoms with E-state index in [0.717, 1.165) is 25.2 Å². The van der Waals surface area contributed by atoms with E-state index in [4.69, 9.17) is 5.73 Å². The van der Waals surface area contributed by atoms with Gasteiger partial charge in [0, 0.05) is 19.6 Å². The normalized spacial score (nSPS) is 18.5. The summed E-state index contributed by atoms with van der Waals surface area (Å²) >= 11 is 1.22. The van der Waals surface area contributed by atoms with E-state index in [9.17, 15) is 8.42 Å². The van der Waals surface area contributed by atoms with Crippen LogP contribution in [0, 0.1) is 5.92 Å². The van der Waals surface area contributed by atoms with Gasteiger partial charge in [-0.15, -0.1) is 11.3 Å². The molecule has 0 spiro atoms. The topological polar surface area (TPSA) is 75.4 Å². The highest BCUT2D eigenvalue weighted by atomic mass is 32.2. The molecule has 0 saturated carbocycles. The fraction of sp³-hybridized carbons (Fsp3) is 0.692. The molecule has 1 aliphatic rings. The first-order valence-corrected chi connectivity index (χ1v) is 9.37. The molecule has 114 valence electrons. The van der Waals surface area contributed by atoms with E-state index in [1.807, 2.05) is 0 Å². The Kier molecular flexibility index (Phi) is 5.57. The summed E-state index contributed by atoms with van der Waals surface area (Å²) in [6.07, 6.45) is 2.52. The first-order chi connectivity index (χ1) is 9.51. The minimum absolute atomic E-state index is 0.316. The van der Waals surface area contributed by atoms with Gasteiger partial charge in [-0.2, -0.15) is 0 Å². The van der Waals surface area contributed by atoms with E-state index in [1.165, 1.54) is 24.2 Å². The first-order valence-electron chi connectivity index (χ1n) is 7.01. The molecule has 1 saturated heterocycles. The molecule has 7 heteroatoms. The van der Waals surface area contributed by atoms with E-state index in [1.54, 1.807) is 11.4 Å². The van der Waals surface area contributed by atoms with Crippen LogP contribution >= 0.6 is 11.3 Å². The van der Waals surface area contributed by atoms with Crippen LogP contribution in [0.2, 0.25) is 0 Å². The third kappa shape index (κ3) is 4.26. The molecule has 0 aliphatic carbocycles. The highest BCUT2D eigenvalue weighted by Gasteiger charge is 2.19. The van der Waals surface area contributed by atoms with Crippen molar-refractivity contribution in [2.45, 2.75) is 30.5 Å². The Morgan fingerprint density at radius 3 is 2.75 bits per heavy atom. The summed E-state index contributed by atoms with van der Waals surface area (Å²) in [6.45, 7) is 6.18. The Morgan fingerprint density at radius 1 is 1.45 bits per heavy atom. The van der Waals surface area contributed by atoms with Crippen LogP contribution in [0.5, 0.6) is 0 Å². The van der Waals surface area contributed by atoms with Gasteiger partial charge in [-0.05, 0) is 48.9 Å². The van der Waals surface area contributed by atoms with Gasteiger partial charge in [0.2, 0.25) is 10.0 Å². The summed E-state index contributed by atoms with van der Waals surface area (Å²) in [5.41, 5.74) is 6.37. The van der Waals surface area contributed by atoms with Crippen molar-refractivity contribution in [2.75, 3.05) is 26.2 Å². The van der Waals surface area contributed by atoms with Crippen LogP contribution in [0.25, 0.3) is 0 Å². The summed E-state index contributed by atoms with van der Waals surface area (Å²) in [7, 11) is -3.38. The SMILES string of the molecule is CC(CNS(=O)(=O)c1cc(CN)cs1)CN1CCCC1. The minimum atomic E-state index is -3.38. The quantitative estimate of drug-likeness (QED) is 0.793. The average Bonchev–Trinajstić information content (AvgIpc) is 3.07. The van der Waals surface area contributed by atoms with Gasteiger partial charge in [0.1, 0.15) is 4.21 Å². The Hall–Kier alpha value is -0.470. The van der Waals surface area contributed by atoms with E-state index in [-0.39, 0.29) is 0 Å². The Bertz CT molecular complexity index is 521. The second-order valence-electron chi connectivity index (χ2n) is 5.44. The number of rotatable bonds is 7. The number of sulfonamides is 1. The fourth-order valence-electron chi connectivity index (χ4n) is 2.39. The molecule has 2 rings (SSSR count). The Morgan fingerprint density at radius 2 is 2.15 bits per heavy atom. The average molecular weight is 317 g/mol. The molecule has 3 N–H and O–H groups in total. The first kappa shape index (κ1) is 15.9. The van der Waals surface area contributed by atoms with Crippen LogP contribution in [0.4, 0.5) is 0 Å². The van der Waals surface area contributed by atoms with Crippen molar-refractivity contribution < 1.29 is 8.42 Å². The van der Waals surface area contributed by atoms with Gasteiger partial charge in [-0.1, -0.05) is 6.92 Å². The number of nitrogens with one attached hydrogen (secondary N) is 1. The number of thiophene rings is 1. The monoisotopic (exact) mass is 317 g/mol. The Balaban J connectivity index is 1.85. The van der Waals surface area contributed by atoms with Crippen LogP contribution in [-0.2, 0) is 16.6 Å². The molecule has 1 unspecified atom stereocenters. The zero-order chi connectivity index (χ0) is 14.6. The summed E-state index contributed by atoms with van der Waals surface area (Å²) in [6, 6.07) is 1.65. The van der Waals surface area contributed by atoms with Crippen molar-refractivity contribution in [3.63, 3.8) is 0 Å². The lowest BCUT2D eigenvalue weighted by Gasteiger charge is -2.20. The van der Waals surface area contributed by atoms with E-state index in [0.29, 0.717) is 23.2 Å². The van der Waals surface area contributed by atoms with E-state index >= 15 is 0 Å². The standard InChI is InChI=1S/C13H23N3O2S2/c1-11(9-16-4-2-3-5-16)8-15-20(17,18)13-6-12(7-14)10-19-13/h6,10-11,15H,2-5,7-9,14H2,1H3. The third-order valence-electron chi connectivity index (χ3n) is 3.52. The van der Waals surface area contributed by atoms with Gasteiger partial charge in [0.25, 0.3) is 0 Å². The predicted molar refractivity (Wildman–Crippen MR) is 82.2 cm³/mol. The largest absolute Gasteiger partial charge is 0.326 e. The van der Waals surface area contributed by atoms with Crippen molar-refractivity contribution in [3.8, 4) is 0 Å². The van der Waals surface area contributed by atoms with Crippen molar-refractivity contribution in [1.82, 2.24) is 9.62 Å². The van der Waals surface area contributed by atoms with Crippen LogP contribution < -0.4 is 10.5 Å². The molecule has 0 aromatic carbocycles. The third-order valence-corrected chi connectivity index (χ3v) is 6.43. The second kappa shape index (κ2) is 7.00. The zero-order valence-electron chi connectivity index (χ0n) is 11.8. The number of likely N-dealkylation sites (tertiary alicyclic amines) is 1. The second-order valence-corrected chi connectivity index (χ2v) is 8.35. The molecule has 1 fully saturated rings. The highest BCUT2D eigenvalue weighted by molar-refractivity contribution is 7.91. The van der Waals surface area contributed by atoms with Crippen molar-refractivity contribution in [3.05, 3.63) is 17.0 Å². The van der Waals surface area contributed by atoms with Gasteiger partial charge in [-0.25, -0.2) is 13.1 Å². The van der Waals surface area contributed by atoms with E-state index in [2.05, 4.69) is 16.5 Å². The van der Waals surface area contributed by atoms with Gasteiger partial charge in [0.15, 0.2) is 0 Å². The minimum Gasteiger partial charge on any atom is -0.326 e. The van der Waals surface area contributed by atoms with Gasteiger partial charge in [-0.3, -0.25) is 0 Å². The molecule has 2 heterocycles. The molecule has 1 atom stereocenters.